The average Bonchev–Trinajstić information content (AvgIpc) is 2.73. The van der Waals surface area contributed by atoms with E-state index in [4.69, 9.17) is 0 Å². The van der Waals surface area contributed by atoms with Crippen LogP contribution in [-0.2, 0) is 16.6 Å². The fourth-order valence-electron chi connectivity index (χ4n) is 2.71. The van der Waals surface area contributed by atoms with Gasteiger partial charge in [0.1, 0.15) is 0 Å². The standard InChI is InChI=1S/C22H23N3O3S/c1-18-8-10-19(11-9-18)14-17-29(27,28)23-15-5-16-25-22(26)13-12-21(24-25)20-6-3-2-4-7-20/h2-4,6-14,17,23H,5,15-16H2,1H3/b17-14+. The van der Waals surface area contributed by atoms with Gasteiger partial charge in [-0.15, -0.1) is 0 Å². The topological polar surface area (TPSA) is 81.1 Å². The summed E-state index contributed by atoms with van der Waals surface area (Å²) in [4.78, 5) is 12.0. The molecule has 0 fully saturated rings. The zero-order valence-corrected chi connectivity index (χ0v) is 17.0. The lowest BCUT2D eigenvalue weighted by atomic mass is 10.1. The van der Waals surface area contributed by atoms with Gasteiger partial charge in [0.2, 0.25) is 10.0 Å². The van der Waals surface area contributed by atoms with E-state index in [2.05, 4.69) is 9.82 Å². The molecule has 1 N–H and O–H groups in total. The van der Waals surface area contributed by atoms with E-state index in [1.807, 2.05) is 61.5 Å². The molecule has 0 aliphatic heterocycles. The van der Waals surface area contributed by atoms with Crippen molar-refractivity contribution in [1.29, 1.82) is 0 Å². The van der Waals surface area contributed by atoms with Gasteiger partial charge >= 0.3 is 0 Å². The maximum absolute atomic E-state index is 12.1. The molecule has 0 radical (unpaired) electrons. The monoisotopic (exact) mass is 409 g/mol. The van der Waals surface area contributed by atoms with Crippen LogP contribution in [-0.4, -0.2) is 24.7 Å². The lowest BCUT2D eigenvalue weighted by molar-refractivity contribution is 0.539. The lowest BCUT2D eigenvalue weighted by Gasteiger charge is -2.07. The van der Waals surface area contributed by atoms with Crippen molar-refractivity contribution in [3.63, 3.8) is 0 Å². The minimum absolute atomic E-state index is 0.213. The Morgan fingerprint density at radius 3 is 2.45 bits per heavy atom. The Kier molecular flexibility index (Phi) is 6.74. The van der Waals surface area contributed by atoms with Crippen LogP contribution < -0.4 is 10.3 Å². The van der Waals surface area contributed by atoms with Crippen molar-refractivity contribution in [2.24, 2.45) is 0 Å². The van der Waals surface area contributed by atoms with Gasteiger partial charge in [0.05, 0.1) is 5.69 Å². The summed E-state index contributed by atoms with van der Waals surface area (Å²) in [5.74, 6) is 0. The molecule has 1 aromatic heterocycles. The second kappa shape index (κ2) is 9.45. The van der Waals surface area contributed by atoms with Crippen LogP contribution in [0.5, 0.6) is 0 Å². The largest absolute Gasteiger partial charge is 0.268 e. The molecule has 0 unspecified atom stereocenters. The van der Waals surface area contributed by atoms with Gasteiger partial charge < -0.3 is 0 Å². The second-order valence-corrected chi connectivity index (χ2v) is 8.30. The zero-order valence-electron chi connectivity index (χ0n) is 16.2. The number of aryl methyl sites for hydroxylation is 2. The number of hydrogen-bond donors (Lipinski definition) is 1. The molecule has 3 aromatic rings. The molecule has 0 saturated carbocycles. The van der Waals surface area contributed by atoms with Gasteiger partial charge in [-0.2, -0.15) is 5.10 Å². The predicted molar refractivity (Wildman–Crippen MR) is 116 cm³/mol. The third-order valence-corrected chi connectivity index (χ3v) is 5.40. The number of nitrogens with one attached hydrogen (secondary N) is 1. The highest BCUT2D eigenvalue weighted by molar-refractivity contribution is 7.92. The number of rotatable bonds is 8. The van der Waals surface area contributed by atoms with Crippen molar-refractivity contribution in [3.8, 4) is 11.3 Å². The van der Waals surface area contributed by atoms with E-state index in [-0.39, 0.29) is 12.1 Å². The molecule has 0 aliphatic rings. The molecule has 0 aliphatic carbocycles. The molecule has 0 amide bonds. The van der Waals surface area contributed by atoms with Crippen molar-refractivity contribution >= 4 is 16.1 Å². The Morgan fingerprint density at radius 1 is 1.00 bits per heavy atom. The SMILES string of the molecule is Cc1ccc(/C=C/S(=O)(=O)NCCCn2nc(-c3ccccc3)ccc2=O)cc1. The van der Waals surface area contributed by atoms with Gasteiger partial charge in [0.25, 0.3) is 5.56 Å². The quantitative estimate of drug-likeness (QED) is 0.580. The fraction of sp³-hybridized carbons (Fsp3) is 0.182. The van der Waals surface area contributed by atoms with Crippen LogP contribution in [0, 0.1) is 6.92 Å². The first-order valence-electron chi connectivity index (χ1n) is 9.31. The Balaban J connectivity index is 1.56. The summed E-state index contributed by atoms with van der Waals surface area (Å²) in [6.07, 6.45) is 2.00. The zero-order chi connectivity index (χ0) is 20.7. The third kappa shape index (κ3) is 6.23. The Hall–Kier alpha value is -3.03. The number of aromatic nitrogens is 2. The Morgan fingerprint density at radius 2 is 1.72 bits per heavy atom. The van der Waals surface area contributed by atoms with Crippen molar-refractivity contribution in [2.75, 3.05) is 6.54 Å². The molecule has 0 saturated heterocycles. The molecular weight excluding hydrogens is 386 g/mol. The first-order valence-corrected chi connectivity index (χ1v) is 10.9. The number of nitrogens with zero attached hydrogens (tertiary/aromatic N) is 2. The molecule has 3 rings (SSSR count). The van der Waals surface area contributed by atoms with E-state index in [0.29, 0.717) is 18.7 Å². The van der Waals surface area contributed by atoms with E-state index in [0.717, 1.165) is 22.1 Å². The molecule has 29 heavy (non-hydrogen) atoms. The summed E-state index contributed by atoms with van der Waals surface area (Å²) in [6, 6.07) is 20.3. The molecule has 0 spiro atoms. The van der Waals surface area contributed by atoms with E-state index in [1.54, 1.807) is 12.1 Å². The summed E-state index contributed by atoms with van der Waals surface area (Å²) >= 11 is 0. The molecule has 0 atom stereocenters. The van der Waals surface area contributed by atoms with Crippen LogP contribution in [0.1, 0.15) is 17.5 Å². The van der Waals surface area contributed by atoms with Gasteiger partial charge in [-0.3, -0.25) is 4.79 Å². The maximum Gasteiger partial charge on any atom is 0.266 e. The summed E-state index contributed by atoms with van der Waals surface area (Å²) in [6.45, 7) is 2.51. The van der Waals surface area contributed by atoms with Gasteiger partial charge in [-0.25, -0.2) is 17.8 Å². The molecular formula is C22H23N3O3S. The number of hydrogen-bond acceptors (Lipinski definition) is 4. The van der Waals surface area contributed by atoms with Crippen LogP contribution in [0.15, 0.2) is 76.9 Å². The summed E-state index contributed by atoms with van der Waals surface area (Å²) in [5, 5.41) is 5.52. The highest BCUT2D eigenvalue weighted by Gasteiger charge is 2.06. The van der Waals surface area contributed by atoms with E-state index in [9.17, 15) is 13.2 Å². The predicted octanol–water partition coefficient (Wildman–Crippen LogP) is 3.20. The fourth-order valence-corrected chi connectivity index (χ4v) is 3.57. The van der Waals surface area contributed by atoms with Crippen molar-refractivity contribution in [3.05, 3.63) is 93.6 Å². The van der Waals surface area contributed by atoms with Crippen molar-refractivity contribution in [2.45, 2.75) is 19.9 Å². The molecule has 2 aromatic carbocycles. The summed E-state index contributed by atoms with van der Waals surface area (Å²) in [5.41, 5.74) is 3.33. The molecule has 150 valence electrons. The molecule has 1 heterocycles. The molecule has 6 nitrogen and oxygen atoms in total. The average molecular weight is 410 g/mol. The maximum atomic E-state index is 12.1. The van der Waals surface area contributed by atoms with E-state index in [1.165, 1.54) is 10.7 Å². The van der Waals surface area contributed by atoms with Crippen LogP contribution in [0.25, 0.3) is 17.3 Å². The first-order chi connectivity index (χ1) is 13.9. The molecule has 0 bridgehead atoms. The van der Waals surface area contributed by atoms with E-state index >= 15 is 0 Å². The minimum Gasteiger partial charge on any atom is -0.268 e. The Labute approximate surface area is 170 Å². The van der Waals surface area contributed by atoms with Crippen LogP contribution >= 0.6 is 0 Å². The van der Waals surface area contributed by atoms with Gasteiger partial charge in [-0.1, -0.05) is 60.2 Å². The summed E-state index contributed by atoms with van der Waals surface area (Å²) in [7, 11) is -3.54. The second-order valence-electron chi connectivity index (χ2n) is 6.65. The first kappa shape index (κ1) is 20.7. The van der Waals surface area contributed by atoms with Crippen LogP contribution in [0.4, 0.5) is 0 Å². The van der Waals surface area contributed by atoms with Gasteiger partial charge in [-0.05, 0) is 31.1 Å². The van der Waals surface area contributed by atoms with Gasteiger partial charge in [0, 0.05) is 30.1 Å². The van der Waals surface area contributed by atoms with Crippen LogP contribution in [0.2, 0.25) is 0 Å². The van der Waals surface area contributed by atoms with Gasteiger partial charge in [0.15, 0.2) is 0 Å². The third-order valence-electron chi connectivity index (χ3n) is 4.30. The lowest BCUT2D eigenvalue weighted by Crippen LogP contribution is -2.27. The normalized spacial score (nSPS) is 11.8. The number of sulfonamides is 1. The highest BCUT2D eigenvalue weighted by atomic mass is 32.2. The van der Waals surface area contributed by atoms with Crippen molar-refractivity contribution < 1.29 is 8.42 Å². The summed E-state index contributed by atoms with van der Waals surface area (Å²) < 4.78 is 28.1. The Bertz CT molecular complexity index is 1140. The van der Waals surface area contributed by atoms with Crippen LogP contribution in [0.3, 0.4) is 0 Å². The van der Waals surface area contributed by atoms with Crippen molar-refractivity contribution in [1.82, 2.24) is 14.5 Å². The van der Waals surface area contributed by atoms with E-state index < -0.39 is 10.0 Å². The highest BCUT2D eigenvalue weighted by Crippen LogP contribution is 2.14. The minimum atomic E-state index is -3.54. The molecule has 7 heteroatoms. The smallest absolute Gasteiger partial charge is 0.266 e. The number of benzene rings is 2.